The van der Waals surface area contributed by atoms with E-state index in [9.17, 15) is 9.59 Å². The smallest absolute Gasteiger partial charge is 0.328 e. The Labute approximate surface area is 117 Å². The summed E-state index contributed by atoms with van der Waals surface area (Å²) in [5.41, 5.74) is 0.967. The van der Waals surface area contributed by atoms with Crippen molar-refractivity contribution in [3.8, 4) is 0 Å². The Morgan fingerprint density at radius 2 is 2.15 bits per heavy atom. The molecule has 1 saturated carbocycles. The first-order chi connectivity index (χ1) is 9.66. The van der Waals surface area contributed by atoms with Crippen molar-refractivity contribution in [2.75, 3.05) is 6.54 Å². The van der Waals surface area contributed by atoms with Crippen LogP contribution in [0.5, 0.6) is 0 Å². The van der Waals surface area contributed by atoms with Gasteiger partial charge in [0.25, 0.3) is 5.91 Å². The molecule has 0 unspecified atom stereocenters. The summed E-state index contributed by atoms with van der Waals surface area (Å²) in [6.45, 7) is 0.684. The fraction of sp³-hybridized carbons (Fsp3) is 0.400. The lowest BCUT2D eigenvalue weighted by atomic mass is 10.1. The van der Waals surface area contributed by atoms with Crippen LogP contribution in [0.25, 0.3) is 6.08 Å². The highest BCUT2D eigenvalue weighted by molar-refractivity contribution is 5.98. The van der Waals surface area contributed by atoms with Crippen LogP contribution >= 0.6 is 0 Å². The Kier molecular flexibility index (Phi) is 4.87. The lowest BCUT2D eigenvalue weighted by Crippen LogP contribution is -2.28. The van der Waals surface area contributed by atoms with E-state index in [1.807, 2.05) is 0 Å². The minimum atomic E-state index is -1.05. The van der Waals surface area contributed by atoms with Crippen LogP contribution in [-0.2, 0) is 4.79 Å². The van der Waals surface area contributed by atoms with Crippen molar-refractivity contribution in [1.29, 1.82) is 0 Å². The van der Waals surface area contributed by atoms with Gasteiger partial charge >= 0.3 is 5.97 Å². The van der Waals surface area contributed by atoms with Gasteiger partial charge in [0.1, 0.15) is 0 Å². The minimum absolute atomic E-state index is 0.177. The zero-order valence-electron chi connectivity index (χ0n) is 11.2. The highest BCUT2D eigenvalue weighted by atomic mass is 16.4. The number of hydrogen-bond acceptors (Lipinski definition) is 3. The van der Waals surface area contributed by atoms with Gasteiger partial charge in [-0.1, -0.05) is 12.8 Å². The van der Waals surface area contributed by atoms with Gasteiger partial charge in [-0.15, -0.1) is 0 Å². The van der Waals surface area contributed by atoms with Crippen molar-refractivity contribution < 1.29 is 14.7 Å². The van der Waals surface area contributed by atoms with Gasteiger partial charge in [-0.25, -0.2) is 4.79 Å². The third kappa shape index (κ3) is 3.91. The summed E-state index contributed by atoms with van der Waals surface area (Å²) in [6.07, 6.45) is 10.2. The first-order valence-corrected chi connectivity index (χ1v) is 6.80. The number of hydrogen-bond donors (Lipinski definition) is 2. The molecule has 106 valence electrons. The zero-order valence-corrected chi connectivity index (χ0v) is 11.2. The molecule has 1 aliphatic carbocycles. The van der Waals surface area contributed by atoms with Crippen molar-refractivity contribution in [2.45, 2.75) is 25.7 Å². The SMILES string of the molecule is O=C(O)C=Cc1cnccc1C(=O)NCC1CCCC1. The second kappa shape index (κ2) is 6.84. The third-order valence-corrected chi connectivity index (χ3v) is 3.53. The lowest BCUT2D eigenvalue weighted by molar-refractivity contribution is -0.131. The summed E-state index contributed by atoms with van der Waals surface area (Å²) in [5, 5.41) is 11.6. The number of nitrogens with one attached hydrogen (secondary N) is 1. The number of amides is 1. The van der Waals surface area contributed by atoms with Gasteiger partial charge in [-0.3, -0.25) is 9.78 Å². The fourth-order valence-electron chi connectivity index (χ4n) is 2.45. The van der Waals surface area contributed by atoms with Crippen LogP contribution < -0.4 is 5.32 Å². The summed E-state index contributed by atoms with van der Waals surface area (Å²) in [7, 11) is 0. The average Bonchev–Trinajstić information content (AvgIpc) is 2.96. The van der Waals surface area contributed by atoms with Crippen LogP contribution in [0.4, 0.5) is 0 Å². The van der Waals surface area contributed by atoms with Gasteiger partial charge in [-0.2, -0.15) is 0 Å². The number of pyridine rings is 1. The molecular weight excluding hydrogens is 256 g/mol. The molecule has 1 amide bonds. The van der Waals surface area contributed by atoms with Crippen molar-refractivity contribution >= 4 is 18.0 Å². The van der Waals surface area contributed by atoms with E-state index in [1.165, 1.54) is 44.2 Å². The maximum Gasteiger partial charge on any atom is 0.328 e. The summed E-state index contributed by atoms with van der Waals surface area (Å²) in [6, 6.07) is 1.60. The maximum absolute atomic E-state index is 12.1. The van der Waals surface area contributed by atoms with E-state index in [4.69, 9.17) is 5.11 Å². The van der Waals surface area contributed by atoms with Crippen molar-refractivity contribution in [1.82, 2.24) is 10.3 Å². The molecule has 20 heavy (non-hydrogen) atoms. The Morgan fingerprint density at radius 1 is 1.40 bits per heavy atom. The molecule has 0 atom stereocenters. The normalized spacial score (nSPS) is 15.6. The molecule has 0 spiro atoms. The molecule has 5 heteroatoms. The van der Waals surface area contributed by atoms with Gasteiger partial charge < -0.3 is 10.4 Å². The Bertz CT molecular complexity index is 520. The van der Waals surface area contributed by atoms with Gasteiger partial charge in [0.05, 0.1) is 0 Å². The monoisotopic (exact) mass is 274 g/mol. The molecule has 2 rings (SSSR count). The highest BCUT2D eigenvalue weighted by Crippen LogP contribution is 2.23. The first kappa shape index (κ1) is 14.2. The van der Waals surface area contributed by atoms with Crippen LogP contribution in [0, 0.1) is 5.92 Å². The molecule has 1 aliphatic rings. The number of aromatic nitrogens is 1. The second-order valence-corrected chi connectivity index (χ2v) is 5.00. The first-order valence-electron chi connectivity index (χ1n) is 6.80. The quantitative estimate of drug-likeness (QED) is 0.806. The Hall–Kier alpha value is -2.17. The van der Waals surface area contributed by atoms with E-state index >= 15 is 0 Å². The second-order valence-electron chi connectivity index (χ2n) is 5.00. The molecule has 1 aromatic rings. The van der Waals surface area contributed by atoms with Crippen molar-refractivity contribution in [3.05, 3.63) is 35.7 Å². The molecule has 5 nitrogen and oxygen atoms in total. The molecular formula is C15H18N2O3. The summed E-state index contributed by atoms with van der Waals surface area (Å²) < 4.78 is 0. The number of carboxylic acid groups (broad SMARTS) is 1. The summed E-state index contributed by atoms with van der Waals surface area (Å²) in [4.78, 5) is 26.6. The largest absolute Gasteiger partial charge is 0.478 e. The fourth-order valence-corrected chi connectivity index (χ4v) is 2.45. The van der Waals surface area contributed by atoms with E-state index in [1.54, 1.807) is 6.07 Å². The molecule has 1 fully saturated rings. The molecule has 0 aromatic carbocycles. The standard InChI is InChI=1S/C15H18N2O3/c18-14(19)6-5-12-10-16-8-7-13(12)15(20)17-9-11-3-1-2-4-11/h5-8,10-11H,1-4,9H2,(H,17,20)(H,18,19). The van der Waals surface area contributed by atoms with Gasteiger partial charge in [0.2, 0.25) is 0 Å². The van der Waals surface area contributed by atoms with Gasteiger partial charge in [0.15, 0.2) is 0 Å². The molecule has 0 aliphatic heterocycles. The number of nitrogens with zero attached hydrogens (tertiary/aromatic N) is 1. The van der Waals surface area contributed by atoms with Gasteiger partial charge in [0, 0.05) is 36.1 Å². The molecule has 1 aromatic heterocycles. The molecule has 0 saturated heterocycles. The third-order valence-electron chi connectivity index (χ3n) is 3.53. The predicted octanol–water partition coefficient (Wildman–Crippen LogP) is 2.10. The molecule has 0 radical (unpaired) electrons. The minimum Gasteiger partial charge on any atom is -0.478 e. The molecule has 1 heterocycles. The van der Waals surface area contributed by atoms with Crippen LogP contribution in [0.3, 0.4) is 0 Å². The van der Waals surface area contributed by atoms with Crippen LogP contribution in [-0.4, -0.2) is 28.5 Å². The maximum atomic E-state index is 12.1. The van der Waals surface area contributed by atoms with Crippen LogP contribution in [0.2, 0.25) is 0 Å². The van der Waals surface area contributed by atoms with E-state index in [0.29, 0.717) is 23.6 Å². The Balaban J connectivity index is 2.02. The molecule has 2 N–H and O–H groups in total. The number of carboxylic acids is 1. The van der Waals surface area contributed by atoms with Gasteiger partial charge in [-0.05, 0) is 30.9 Å². The van der Waals surface area contributed by atoms with E-state index in [2.05, 4.69) is 10.3 Å². The van der Waals surface area contributed by atoms with Crippen molar-refractivity contribution in [2.24, 2.45) is 5.92 Å². The number of carbonyl (C=O) groups excluding carboxylic acids is 1. The summed E-state index contributed by atoms with van der Waals surface area (Å²) >= 11 is 0. The highest BCUT2D eigenvalue weighted by Gasteiger charge is 2.17. The van der Waals surface area contributed by atoms with E-state index < -0.39 is 5.97 Å². The van der Waals surface area contributed by atoms with Crippen LogP contribution in [0.15, 0.2) is 24.5 Å². The predicted molar refractivity (Wildman–Crippen MR) is 75.2 cm³/mol. The number of aliphatic carboxylic acids is 1. The number of rotatable bonds is 5. The van der Waals surface area contributed by atoms with E-state index in [-0.39, 0.29) is 5.91 Å². The number of carbonyl (C=O) groups is 2. The Morgan fingerprint density at radius 3 is 2.85 bits per heavy atom. The summed E-state index contributed by atoms with van der Waals surface area (Å²) in [5.74, 6) is -0.658. The lowest BCUT2D eigenvalue weighted by Gasteiger charge is -2.11. The van der Waals surface area contributed by atoms with Crippen molar-refractivity contribution in [3.63, 3.8) is 0 Å². The zero-order chi connectivity index (χ0) is 14.4. The molecule has 0 bridgehead atoms. The average molecular weight is 274 g/mol. The van der Waals surface area contributed by atoms with E-state index in [0.717, 1.165) is 6.08 Å². The topological polar surface area (TPSA) is 79.3 Å². The van der Waals surface area contributed by atoms with Crippen LogP contribution in [0.1, 0.15) is 41.6 Å².